The van der Waals surface area contributed by atoms with E-state index in [4.69, 9.17) is 0 Å². The van der Waals surface area contributed by atoms with Gasteiger partial charge in [0.1, 0.15) is 11.5 Å². The quantitative estimate of drug-likeness (QED) is 0.484. The number of hydrogen-bond acceptors (Lipinski definition) is 4. The minimum atomic E-state index is 0.292. The second-order valence-electron chi connectivity index (χ2n) is 7.05. The van der Waals surface area contributed by atoms with Crippen molar-refractivity contribution in [3.05, 3.63) is 59.7 Å². The Hall–Kier alpha value is -2.37. The molecule has 5 rings (SSSR count). The molecule has 0 fully saturated rings. The molecular weight excluding hydrogens is 354 g/mol. The van der Waals surface area contributed by atoms with Crippen molar-refractivity contribution in [1.29, 1.82) is 0 Å². The summed E-state index contributed by atoms with van der Waals surface area (Å²) in [7, 11) is 0. The number of nitrogens with one attached hydrogen (secondary N) is 1. The second kappa shape index (κ2) is 8.11. The number of hydrogen-bond donors (Lipinski definition) is 2. The predicted octanol–water partition coefficient (Wildman–Crippen LogP) is 5.08. The van der Waals surface area contributed by atoms with E-state index >= 15 is 0 Å². The lowest BCUT2D eigenvalue weighted by Crippen LogP contribution is -2.11. The molecule has 0 radical (unpaired) electrons. The number of rotatable bonds is 2. The largest absolute Gasteiger partial charge is 0.396 e. The SMILES string of the molecule is OCCC1CCCc2c1ccc1c2ccc2ccccc21.S=C1CN=NN1. The van der Waals surface area contributed by atoms with Crippen LogP contribution in [0.15, 0.2) is 58.9 Å². The van der Waals surface area contributed by atoms with Crippen molar-refractivity contribution in [1.82, 2.24) is 5.43 Å². The number of benzene rings is 3. The van der Waals surface area contributed by atoms with E-state index in [9.17, 15) is 5.11 Å². The van der Waals surface area contributed by atoms with Crippen molar-refractivity contribution in [2.45, 2.75) is 31.6 Å². The number of aliphatic hydroxyl groups excluding tert-OH is 1. The highest BCUT2D eigenvalue weighted by Gasteiger charge is 2.21. The first kappa shape index (κ1) is 18.0. The standard InChI is InChI=1S/C20H20O.C2H3N3S/c21-13-12-15-5-3-7-18-17(15)10-11-19-16-6-2-1-4-14(16)8-9-20(18)19;6-2-1-3-5-4-2/h1-2,4,6,8-11,15,21H,3,5,7,12-13H2;1H2,(H,3,4,6). The molecule has 0 saturated heterocycles. The van der Waals surface area contributed by atoms with Gasteiger partial charge in [0.2, 0.25) is 0 Å². The molecule has 2 aliphatic rings. The summed E-state index contributed by atoms with van der Waals surface area (Å²) in [4.78, 5) is 0.704. The zero-order valence-corrected chi connectivity index (χ0v) is 16.0. The van der Waals surface area contributed by atoms with Crippen molar-refractivity contribution in [2.75, 3.05) is 13.2 Å². The topological polar surface area (TPSA) is 57.0 Å². The van der Waals surface area contributed by atoms with Gasteiger partial charge in [0.05, 0.1) is 0 Å². The van der Waals surface area contributed by atoms with E-state index in [1.165, 1.54) is 51.9 Å². The first-order chi connectivity index (χ1) is 13.3. The Morgan fingerprint density at radius 3 is 2.63 bits per heavy atom. The minimum Gasteiger partial charge on any atom is -0.396 e. The van der Waals surface area contributed by atoms with Crippen molar-refractivity contribution >= 4 is 38.8 Å². The second-order valence-corrected chi connectivity index (χ2v) is 7.54. The van der Waals surface area contributed by atoms with E-state index in [1.54, 1.807) is 0 Å². The lowest BCUT2D eigenvalue weighted by molar-refractivity contribution is 0.269. The monoisotopic (exact) mass is 377 g/mol. The van der Waals surface area contributed by atoms with Gasteiger partial charge < -0.3 is 5.11 Å². The molecule has 1 unspecified atom stereocenters. The summed E-state index contributed by atoms with van der Waals surface area (Å²) >= 11 is 4.62. The minimum absolute atomic E-state index is 0.292. The van der Waals surface area contributed by atoms with Crippen LogP contribution in [0.5, 0.6) is 0 Å². The summed E-state index contributed by atoms with van der Waals surface area (Å²) in [6, 6.07) is 17.8. The van der Waals surface area contributed by atoms with Crippen molar-refractivity contribution < 1.29 is 5.11 Å². The molecule has 0 spiro atoms. The van der Waals surface area contributed by atoms with Crippen LogP contribution >= 0.6 is 12.2 Å². The lowest BCUT2D eigenvalue weighted by Gasteiger charge is -2.26. The van der Waals surface area contributed by atoms with Gasteiger partial charge in [0, 0.05) is 6.61 Å². The van der Waals surface area contributed by atoms with Crippen LogP contribution in [-0.2, 0) is 6.42 Å². The summed E-state index contributed by atoms with van der Waals surface area (Å²) in [5.74, 6) is 0.537. The molecule has 27 heavy (non-hydrogen) atoms. The van der Waals surface area contributed by atoms with Gasteiger partial charge in [0.15, 0.2) is 0 Å². The number of nitrogens with zero attached hydrogens (tertiary/aromatic N) is 2. The first-order valence-corrected chi connectivity index (χ1v) is 9.88. The summed E-state index contributed by atoms with van der Waals surface area (Å²) in [5, 5.41) is 21.7. The van der Waals surface area contributed by atoms with Crippen molar-refractivity contribution in [3.63, 3.8) is 0 Å². The van der Waals surface area contributed by atoms with Gasteiger partial charge in [-0.3, -0.25) is 5.43 Å². The van der Waals surface area contributed by atoms with Gasteiger partial charge in [-0.05, 0) is 64.3 Å². The highest BCUT2D eigenvalue weighted by atomic mass is 32.1. The van der Waals surface area contributed by atoms with Crippen LogP contribution in [-0.4, -0.2) is 23.2 Å². The zero-order chi connectivity index (χ0) is 18.6. The highest BCUT2D eigenvalue weighted by Crippen LogP contribution is 2.39. The molecule has 3 aromatic carbocycles. The molecular formula is C22H23N3OS. The molecule has 5 heteroatoms. The molecule has 2 N–H and O–H groups in total. The number of aliphatic hydroxyl groups is 1. The first-order valence-electron chi connectivity index (χ1n) is 9.47. The molecule has 3 aromatic rings. The maximum absolute atomic E-state index is 9.30. The van der Waals surface area contributed by atoms with Crippen LogP contribution in [0.1, 0.15) is 36.3 Å². The zero-order valence-electron chi connectivity index (χ0n) is 15.2. The van der Waals surface area contributed by atoms with E-state index in [0.717, 1.165) is 6.42 Å². The van der Waals surface area contributed by atoms with Gasteiger partial charge in [0.25, 0.3) is 0 Å². The number of fused-ring (bicyclic) bond motifs is 5. The highest BCUT2D eigenvalue weighted by molar-refractivity contribution is 7.80. The molecule has 0 aromatic heterocycles. The molecule has 0 amide bonds. The van der Waals surface area contributed by atoms with Gasteiger partial charge in [-0.15, -0.1) is 0 Å². The van der Waals surface area contributed by atoms with E-state index < -0.39 is 0 Å². The van der Waals surface area contributed by atoms with E-state index in [-0.39, 0.29) is 0 Å². The molecule has 1 aliphatic carbocycles. The maximum Gasteiger partial charge on any atom is 0.121 e. The van der Waals surface area contributed by atoms with Crippen molar-refractivity contribution in [2.24, 2.45) is 10.3 Å². The van der Waals surface area contributed by atoms with Crippen LogP contribution in [0.4, 0.5) is 0 Å². The molecule has 1 heterocycles. The van der Waals surface area contributed by atoms with Crippen LogP contribution in [0.3, 0.4) is 0 Å². The number of thiocarbonyl (C=S) groups is 1. The summed E-state index contributed by atoms with van der Waals surface area (Å²) in [6.07, 6.45) is 4.52. The fourth-order valence-electron chi connectivity index (χ4n) is 4.19. The normalized spacial score (nSPS) is 18.1. The van der Waals surface area contributed by atoms with Crippen LogP contribution in [0.25, 0.3) is 21.5 Å². The van der Waals surface area contributed by atoms with Gasteiger partial charge in [-0.1, -0.05) is 66.0 Å². The molecule has 138 valence electrons. The van der Waals surface area contributed by atoms with Crippen LogP contribution in [0, 0.1) is 0 Å². The lowest BCUT2D eigenvalue weighted by atomic mass is 9.79. The fraction of sp³-hybridized carbons (Fsp3) is 0.318. The van der Waals surface area contributed by atoms with Crippen LogP contribution < -0.4 is 5.43 Å². The third kappa shape index (κ3) is 3.70. The molecule has 1 atom stereocenters. The maximum atomic E-state index is 9.30. The predicted molar refractivity (Wildman–Crippen MR) is 114 cm³/mol. The summed E-state index contributed by atoms with van der Waals surface area (Å²) in [5.41, 5.74) is 5.50. The number of aryl methyl sites for hydroxylation is 1. The Labute approximate surface area is 164 Å². The molecule has 0 bridgehead atoms. The Kier molecular flexibility index (Phi) is 5.41. The molecule has 0 saturated carbocycles. The third-order valence-electron chi connectivity index (χ3n) is 5.43. The summed E-state index contributed by atoms with van der Waals surface area (Å²) in [6.45, 7) is 0.856. The smallest absolute Gasteiger partial charge is 0.121 e. The Morgan fingerprint density at radius 2 is 1.89 bits per heavy atom. The van der Waals surface area contributed by atoms with E-state index in [2.05, 4.69) is 76.5 Å². The van der Waals surface area contributed by atoms with E-state index in [1.807, 2.05) is 0 Å². The Bertz CT molecular complexity index is 1010. The summed E-state index contributed by atoms with van der Waals surface area (Å²) < 4.78 is 0. The third-order valence-corrected chi connectivity index (χ3v) is 5.65. The fourth-order valence-corrected chi connectivity index (χ4v) is 4.29. The van der Waals surface area contributed by atoms with Crippen LogP contribution in [0.2, 0.25) is 0 Å². The van der Waals surface area contributed by atoms with Gasteiger partial charge in [-0.2, -0.15) is 5.11 Å². The Balaban J connectivity index is 0.000000257. The van der Waals surface area contributed by atoms with Gasteiger partial charge in [-0.25, -0.2) is 0 Å². The average molecular weight is 378 g/mol. The molecule has 1 aliphatic heterocycles. The Morgan fingerprint density at radius 1 is 1.04 bits per heavy atom. The van der Waals surface area contributed by atoms with E-state index in [0.29, 0.717) is 24.1 Å². The van der Waals surface area contributed by atoms with Gasteiger partial charge >= 0.3 is 0 Å². The average Bonchev–Trinajstić information content (AvgIpc) is 3.19. The molecule has 4 nitrogen and oxygen atoms in total. The van der Waals surface area contributed by atoms with Crippen molar-refractivity contribution in [3.8, 4) is 0 Å².